The molecule has 0 atom stereocenters. The molecular weight excluding hydrogens is 402 g/mol. The Labute approximate surface area is 180 Å². The van der Waals surface area contributed by atoms with Crippen LogP contribution in [0.1, 0.15) is 65.4 Å². The Morgan fingerprint density at radius 3 is 2.40 bits per heavy atom. The minimum atomic E-state index is -3.37. The van der Waals surface area contributed by atoms with Crippen LogP contribution in [0.4, 0.5) is 0 Å². The quantitative estimate of drug-likeness (QED) is 0.495. The Hall–Kier alpha value is -1.89. The van der Waals surface area contributed by atoms with E-state index in [2.05, 4.69) is 26.8 Å². The Kier molecular flexibility index (Phi) is 8.47. The number of sulfone groups is 1. The van der Waals surface area contributed by atoms with Gasteiger partial charge in [0.05, 0.1) is 18.8 Å². The van der Waals surface area contributed by atoms with Crippen LogP contribution < -0.4 is 4.74 Å². The van der Waals surface area contributed by atoms with E-state index in [9.17, 15) is 18.0 Å². The lowest BCUT2D eigenvalue weighted by Gasteiger charge is -2.40. The largest absolute Gasteiger partial charge is 0.486 e. The Balaban J connectivity index is 1.74. The van der Waals surface area contributed by atoms with E-state index < -0.39 is 15.6 Å². The number of amides is 1. The third-order valence-corrected chi connectivity index (χ3v) is 6.92. The Bertz CT molecular complexity index is 835. The third-order valence-electron chi connectivity index (χ3n) is 5.25. The van der Waals surface area contributed by atoms with Crippen molar-refractivity contribution in [2.45, 2.75) is 71.3 Å². The lowest BCUT2D eigenvalue weighted by atomic mass is 9.86. The zero-order chi connectivity index (χ0) is 22.4. The smallest absolute Gasteiger partial charge is 0.223 e. The van der Waals surface area contributed by atoms with E-state index >= 15 is 0 Å². The SMILES string of the molecule is CCCCCS(=O)(=O)CC(=O)CCC(=O)N1CC(Oc2ccccc2C(C)(C)C)C1. The highest BCUT2D eigenvalue weighted by Gasteiger charge is 2.33. The molecule has 0 N–H and O–H groups in total. The van der Waals surface area contributed by atoms with Crippen molar-refractivity contribution in [3.63, 3.8) is 0 Å². The number of nitrogens with zero attached hydrogens (tertiary/aromatic N) is 1. The van der Waals surface area contributed by atoms with Crippen molar-refractivity contribution < 1.29 is 22.7 Å². The summed E-state index contributed by atoms with van der Waals surface area (Å²) in [5.74, 6) is -0.0883. The second-order valence-electron chi connectivity index (χ2n) is 9.12. The highest BCUT2D eigenvalue weighted by atomic mass is 32.2. The van der Waals surface area contributed by atoms with Gasteiger partial charge in [0, 0.05) is 12.8 Å². The number of likely N-dealkylation sites (tertiary alicyclic amines) is 1. The minimum Gasteiger partial charge on any atom is -0.486 e. The zero-order valence-corrected chi connectivity index (χ0v) is 19.5. The van der Waals surface area contributed by atoms with Gasteiger partial charge < -0.3 is 9.64 Å². The van der Waals surface area contributed by atoms with Gasteiger partial charge in [-0.2, -0.15) is 0 Å². The molecule has 1 heterocycles. The predicted octanol–water partition coefficient (Wildman–Crippen LogP) is 3.53. The molecule has 1 fully saturated rings. The monoisotopic (exact) mass is 437 g/mol. The minimum absolute atomic E-state index is 0.0271. The molecule has 0 bridgehead atoms. The highest BCUT2D eigenvalue weighted by Crippen LogP contribution is 2.32. The van der Waals surface area contributed by atoms with Gasteiger partial charge in [-0.3, -0.25) is 9.59 Å². The number of rotatable bonds is 11. The number of hydrogen-bond donors (Lipinski definition) is 0. The molecule has 168 valence electrons. The number of unbranched alkanes of at least 4 members (excludes halogenated alkanes) is 2. The molecule has 1 saturated heterocycles. The predicted molar refractivity (Wildman–Crippen MR) is 119 cm³/mol. The molecule has 0 unspecified atom stereocenters. The topological polar surface area (TPSA) is 80.8 Å². The van der Waals surface area contributed by atoms with Crippen molar-refractivity contribution in [3.8, 4) is 5.75 Å². The maximum atomic E-state index is 12.3. The molecule has 1 aliphatic heterocycles. The lowest BCUT2D eigenvalue weighted by molar-refractivity contribution is -0.141. The van der Waals surface area contributed by atoms with Gasteiger partial charge in [0.1, 0.15) is 23.4 Å². The van der Waals surface area contributed by atoms with Gasteiger partial charge in [0.15, 0.2) is 9.84 Å². The van der Waals surface area contributed by atoms with Gasteiger partial charge in [-0.15, -0.1) is 0 Å². The van der Waals surface area contributed by atoms with Crippen LogP contribution in [0.3, 0.4) is 0 Å². The van der Waals surface area contributed by atoms with Gasteiger partial charge in [0.2, 0.25) is 5.91 Å². The standard InChI is InChI=1S/C23H35NO5S/c1-5-6-9-14-30(27,28)17-18(25)12-13-22(26)24-15-19(16-24)29-21-11-8-7-10-20(21)23(2,3)4/h7-8,10-11,19H,5-6,9,12-17H2,1-4H3. The Morgan fingerprint density at radius 2 is 1.77 bits per heavy atom. The van der Waals surface area contributed by atoms with E-state index in [4.69, 9.17) is 4.74 Å². The van der Waals surface area contributed by atoms with Gasteiger partial charge in [-0.25, -0.2) is 8.42 Å². The molecule has 0 spiro atoms. The normalized spacial score (nSPS) is 15.0. The second kappa shape index (κ2) is 10.4. The highest BCUT2D eigenvalue weighted by molar-refractivity contribution is 7.92. The van der Waals surface area contributed by atoms with Crippen LogP contribution in [-0.4, -0.2) is 55.7 Å². The van der Waals surface area contributed by atoms with E-state index in [1.807, 2.05) is 25.1 Å². The van der Waals surface area contributed by atoms with E-state index in [0.717, 1.165) is 24.2 Å². The first-order valence-corrected chi connectivity index (χ1v) is 12.6. The summed E-state index contributed by atoms with van der Waals surface area (Å²) in [7, 11) is -3.37. The fourth-order valence-corrected chi connectivity index (χ4v) is 4.87. The molecule has 30 heavy (non-hydrogen) atoms. The van der Waals surface area contributed by atoms with E-state index in [-0.39, 0.29) is 41.8 Å². The summed E-state index contributed by atoms with van der Waals surface area (Å²) >= 11 is 0. The van der Waals surface area contributed by atoms with Crippen LogP contribution in [-0.2, 0) is 24.8 Å². The molecule has 1 amide bonds. The van der Waals surface area contributed by atoms with Crippen LogP contribution in [0.2, 0.25) is 0 Å². The number of ketones is 1. The van der Waals surface area contributed by atoms with E-state index in [1.165, 1.54) is 0 Å². The summed E-state index contributed by atoms with van der Waals surface area (Å²) in [6.07, 6.45) is 2.31. The summed E-state index contributed by atoms with van der Waals surface area (Å²) in [6, 6.07) is 7.93. The summed E-state index contributed by atoms with van der Waals surface area (Å²) in [4.78, 5) is 25.9. The molecule has 0 radical (unpaired) electrons. The van der Waals surface area contributed by atoms with Gasteiger partial charge in [-0.1, -0.05) is 58.7 Å². The van der Waals surface area contributed by atoms with Crippen LogP contribution in [0.5, 0.6) is 5.75 Å². The fourth-order valence-electron chi connectivity index (χ4n) is 3.45. The van der Waals surface area contributed by atoms with E-state index in [1.54, 1.807) is 4.90 Å². The number of Topliss-reactive ketones (excluding diaryl/α,β-unsaturated/α-hetero) is 1. The van der Waals surface area contributed by atoms with Gasteiger partial charge >= 0.3 is 0 Å². The zero-order valence-electron chi connectivity index (χ0n) is 18.6. The van der Waals surface area contributed by atoms with Crippen LogP contribution in [0.15, 0.2) is 24.3 Å². The van der Waals surface area contributed by atoms with Crippen molar-refractivity contribution in [2.24, 2.45) is 0 Å². The van der Waals surface area contributed by atoms with Crippen molar-refractivity contribution in [1.82, 2.24) is 4.90 Å². The summed E-state index contributed by atoms with van der Waals surface area (Å²) < 4.78 is 30.0. The molecule has 0 aliphatic carbocycles. The first-order chi connectivity index (χ1) is 14.0. The molecule has 1 aromatic carbocycles. The van der Waals surface area contributed by atoms with Crippen molar-refractivity contribution >= 4 is 21.5 Å². The lowest BCUT2D eigenvalue weighted by Crippen LogP contribution is -2.56. The maximum Gasteiger partial charge on any atom is 0.223 e. The number of ether oxygens (including phenoxy) is 1. The van der Waals surface area contributed by atoms with Crippen molar-refractivity contribution in [1.29, 1.82) is 0 Å². The van der Waals surface area contributed by atoms with Crippen LogP contribution >= 0.6 is 0 Å². The summed E-state index contributed by atoms with van der Waals surface area (Å²) in [5.41, 5.74) is 1.09. The third kappa shape index (κ3) is 7.42. The van der Waals surface area contributed by atoms with Gasteiger partial charge in [0.25, 0.3) is 0 Å². The molecule has 0 saturated carbocycles. The Morgan fingerprint density at radius 1 is 1.10 bits per heavy atom. The number of hydrogen-bond acceptors (Lipinski definition) is 5. The van der Waals surface area contributed by atoms with Gasteiger partial charge in [-0.05, 0) is 23.5 Å². The summed E-state index contributed by atoms with van der Waals surface area (Å²) in [6.45, 7) is 9.37. The molecule has 7 heteroatoms. The number of para-hydroxylation sites is 1. The molecule has 2 rings (SSSR count). The van der Waals surface area contributed by atoms with Crippen LogP contribution in [0, 0.1) is 0 Å². The molecular formula is C23H35NO5S. The molecule has 1 aromatic rings. The second-order valence-corrected chi connectivity index (χ2v) is 11.3. The van der Waals surface area contributed by atoms with Crippen molar-refractivity contribution in [2.75, 3.05) is 24.6 Å². The van der Waals surface area contributed by atoms with E-state index in [0.29, 0.717) is 19.5 Å². The summed E-state index contributed by atoms with van der Waals surface area (Å²) in [5, 5.41) is 0. The first-order valence-electron chi connectivity index (χ1n) is 10.8. The van der Waals surface area contributed by atoms with Crippen molar-refractivity contribution in [3.05, 3.63) is 29.8 Å². The average Bonchev–Trinajstić information content (AvgIpc) is 2.61. The first kappa shape index (κ1) is 24.4. The molecule has 6 nitrogen and oxygen atoms in total. The molecule has 1 aliphatic rings. The molecule has 0 aromatic heterocycles. The number of carbonyl (C=O) groups is 2. The van der Waals surface area contributed by atoms with Crippen LogP contribution in [0.25, 0.3) is 0 Å². The number of benzene rings is 1. The maximum absolute atomic E-state index is 12.3. The average molecular weight is 438 g/mol. The number of carbonyl (C=O) groups excluding carboxylic acids is 2. The fraction of sp³-hybridized carbons (Fsp3) is 0.652.